The molecule has 0 saturated carbocycles. The Labute approximate surface area is 123 Å². The molecular formula is C14H9ClN4S. The topological polar surface area (TPSA) is 43.6 Å². The summed E-state index contributed by atoms with van der Waals surface area (Å²) in [5.74, 6) is 0. The molecule has 0 radical (unpaired) electrons. The summed E-state index contributed by atoms with van der Waals surface area (Å²) >= 11 is 7.74. The second kappa shape index (κ2) is 4.26. The third-order valence-electron chi connectivity index (χ3n) is 3.19. The van der Waals surface area contributed by atoms with Gasteiger partial charge in [0.15, 0.2) is 5.15 Å². The van der Waals surface area contributed by atoms with Gasteiger partial charge in [-0.15, -0.1) is 0 Å². The first-order chi connectivity index (χ1) is 9.74. The second-order valence-corrected chi connectivity index (χ2v) is 5.83. The van der Waals surface area contributed by atoms with Crippen molar-refractivity contribution in [1.82, 2.24) is 19.5 Å². The molecule has 98 valence electrons. The van der Waals surface area contributed by atoms with Crippen LogP contribution in [-0.2, 0) is 7.05 Å². The number of benzene rings is 1. The zero-order valence-corrected chi connectivity index (χ0v) is 12.1. The van der Waals surface area contributed by atoms with E-state index in [0.717, 1.165) is 26.4 Å². The minimum Gasteiger partial charge on any atom is -0.332 e. The molecule has 0 N–H and O–H groups in total. The zero-order valence-electron chi connectivity index (χ0n) is 10.5. The van der Waals surface area contributed by atoms with Crippen molar-refractivity contribution in [2.24, 2.45) is 7.05 Å². The number of aromatic nitrogens is 4. The fraction of sp³-hybridized carbons (Fsp3) is 0.0714. The average molecular weight is 301 g/mol. The summed E-state index contributed by atoms with van der Waals surface area (Å²) in [5.41, 5.74) is 3.57. The van der Waals surface area contributed by atoms with Gasteiger partial charge < -0.3 is 4.57 Å². The molecule has 3 heterocycles. The highest BCUT2D eigenvalue weighted by atomic mass is 35.5. The van der Waals surface area contributed by atoms with Crippen LogP contribution in [0.25, 0.3) is 32.0 Å². The molecule has 20 heavy (non-hydrogen) atoms. The van der Waals surface area contributed by atoms with E-state index in [1.807, 2.05) is 41.9 Å². The van der Waals surface area contributed by atoms with Crippen LogP contribution in [0.3, 0.4) is 0 Å². The molecule has 4 nitrogen and oxygen atoms in total. The molecule has 0 unspecified atom stereocenters. The summed E-state index contributed by atoms with van der Waals surface area (Å²) in [5, 5.41) is 1.37. The van der Waals surface area contributed by atoms with Gasteiger partial charge in [-0.3, -0.25) is 0 Å². The Balaban J connectivity index is 2.09. The van der Waals surface area contributed by atoms with Crippen molar-refractivity contribution in [1.29, 1.82) is 0 Å². The van der Waals surface area contributed by atoms with Crippen molar-refractivity contribution in [2.45, 2.75) is 0 Å². The average Bonchev–Trinajstić information content (AvgIpc) is 3.04. The molecule has 0 bridgehead atoms. The van der Waals surface area contributed by atoms with E-state index in [1.54, 1.807) is 17.7 Å². The molecule has 0 fully saturated rings. The van der Waals surface area contributed by atoms with Crippen molar-refractivity contribution in [3.05, 3.63) is 41.8 Å². The number of nitrogens with zero attached hydrogens (tertiary/aromatic N) is 4. The summed E-state index contributed by atoms with van der Waals surface area (Å²) < 4.78 is 1.93. The number of rotatable bonds is 1. The van der Waals surface area contributed by atoms with Crippen molar-refractivity contribution in [2.75, 3.05) is 0 Å². The Kier molecular flexibility index (Phi) is 2.52. The highest BCUT2D eigenvalue weighted by Gasteiger charge is 2.16. The Morgan fingerprint density at radius 2 is 1.90 bits per heavy atom. The van der Waals surface area contributed by atoms with Gasteiger partial charge in [0.25, 0.3) is 0 Å². The lowest BCUT2D eigenvalue weighted by Gasteiger charge is -1.96. The van der Waals surface area contributed by atoms with Crippen LogP contribution in [0.15, 0.2) is 36.7 Å². The molecule has 6 heteroatoms. The van der Waals surface area contributed by atoms with E-state index in [9.17, 15) is 0 Å². The standard InChI is InChI=1S/C14H9ClN4S/c1-19-7-16-9-11(19)10-14(18-12(9)15)20-13(17-10)8-5-3-2-4-6-8/h2-7H,1H3. The first-order valence-electron chi connectivity index (χ1n) is 6.06. The number of hydrogen-bond acceptors (Lipinski definition) is 4. The van der Waals surface area contributed by atoms with Gasteiger partial charge in [-0.1, -0.05) is 53.3 Å². The highest BCUT2D eigenvalue weighted by molar-refractivity contribution is 7.21. The molecule has 4 rings (SSSR count). The summed E-state index contributed by atoms with van der Waals surface area (Å²) in [6.45, 7) is 0. The van der Waals surface area contributed by atoms with Gasteiger partial charge in [-0.2, -0.15) is 0 Å². The van der Waals surface area contributed by atoms with Crippen LogP contribution < -0.4 is 0 Å². The monoisotopic (exact) mass is 300 g/mol. The van der Waals surface area contributed by atoms with E-state index >= 15 is 0 Å². The molecule has 0 spiro atoms. The van der Waals surface area contributed by atoms with Crippen LogP contribution >= 0.6 is 22.9 Å². The van der Waals surface area contributed by atoms with Gasteiger partial charge in [0, 0.05) is 12.6 Å². The van der Waals surface area contributed by atoms with Crippen LogP contribution in [-0.4, -0.2) is 19.5 Å². The number of halogens is 1. The molecule has 0 amide bonds. The highest BCUT2D eigenvalue weighted by Crippen LogP contribution is 2.34. The number of aryl methyl sites for hydroxylation is 1. The minimum atomic E-state index is 0.427. The number of fused-ring (bicyclic) bond motifs is 3. The Hall–Kier alpha value is -1.98. The predicted molar refractivity (Wildman–Crippen MR) is 82.1 cm³/mol. The third kappa shape index (κ3) is 1.63. The quantitative estimate of drug-likeness (QED) is 0.501. The van der Waals surface area contributed by atoms with Crippen molar-refractivity contribution in [3.8, 4) is 10.6 Å². The summed E-state index contributed by atoms with van der Waals surface area (Å²) in [6, 6.07) is 10.1. The van der Waals surface area contributed by atoms with Crippen molar-refractivity contribution in [3.63, 3.8) is 0 Å². The van der Waals surface area contributed by atoms with Crippen molar-refractivity contribution >= 4 is 44.3 Å². The molecule has 0 atom stereocenters. The molecule has 0 aliphatic heterocycles. The lowest BCUT2D eigenvalue weighted by molar-refractivity contribution is 0.949. The summed E-state index contributed by atoms with van der Waals surface area (Å²) in [4.78, 5) is 14.3. The normalized spacial score (nSPS) is 11.5. The number of thiazole rings is 1. The molecule has 0 saturated heterocycles. The maximum absolute atomic E-state index is 6.20. The van der Waals surface area contributed by atoms with E-state index in [4.69, 9.17) is 16.6 Å². The van der Waals surface area contributed by atoms with Gasteiger partial charge in [0.1, 0.15) is 26.4 Å². The van der Waals surface area contributed by atoms with E-state index < -0.39 is 0 Å². The van der Waals surface area contributed by atoms with E-state index in [-0.39, 0.29) is 0 Å². The van der Waals surface area contributed by atoms with Crippen LogP contribution in [0, 0.1) is 0 Å². The number of pyridine rings is 1. The second-order valence-electron chi connectivity index (χ2n) is 4.49. The molecule has 1 aromatic carbocycles. The van der Waals surface area contributed by atoms with E-state index in [0.29, 0.717) is 10.7 Å². The van der Waals surface area contributed by atoms with E-state index in [1.165, 1.54) is 0 Å². The molecule has 0 aliphatic carbocycles. The zero-order chi connectivity index (χ0) is 13.7. The lowest BCUT2D eigenvalue weighted by Crippen LogP contribution is -1.87. The fourth-order valence-corrected chi connectivity index (χ4v) is 3.47. The Morgan fingerprint density at radius 3 is 2.70 bits per heavy atom. The summed E-state index contributed by atoms with van der Waals surface area (Å²) in [7, 11) is 1.94. The Morgan fingerprint density at radius 1 is 1.10 bits per heavy atom. The van der Waals surface area contributed by atoms with E-state index in [2.05, 4.69) is 9.97 Å². The van der Waals surface area contributed by atoms with Gasteiger partial charge in [-0.25, -0.2) is 15.0 Å². The van der Waals surface area contributed by atoms with Crippen molar-refractivity contribution < 1.29 is 0 Å². The molecule has 3 aromatic heterocycles. The number of imidazole rings is 1. The maximum Gasteiger partial charge on any atom is 0.158 e. The van der Waals surface area contributed by atoms with Gasteiger partial charge >= 0.3 is 0 Å². The first kappa shape index (κ1) is 11.8. The summed E-state index contributed by atoms with van der Waals surface area (Å²) in [6.07, 6.45) is 1.74. The Bertz CT molecular complexity index is 927. The molecule has 4 aromatic rings. The van der Waals surface area contributed by atoms with Gasteiger partial charge in [0.2, 0.25) is 0 Å². The molecular weight excluding hydrogens is 292 g/mol. The van der Waals surface area contributed by atoms with Crippen LogP contribution in [0.5, 0.6) is 0 Å². The minimum absolute atomic E-state index is 0.427. The SMILES string of the molecule is Cn1cnc2c(Cl)nc3sc(-c4ccccc4)nc3c21. The number of hydrogen-bond donors (Lipinski definition) is 0. The third-order valence-corrected chi connectivity index (χ3v) is 4.45. The maximum atomic E-state index is 6.20. The molecule has 0 aliphatic rings. The largest absolute Gasteiger partial charge is 0.332 e. The fourth-order valence-electron chi connectivity index (χ4n) is 2.25. The van der Waals surface area contributed by atoms with Crippen LogP contribution in [0.2, 0.25) is 5.15 Å². The smallest absolute Gasteiger partial charge is 0.158 e. The predicted octanol–water partition coefficient (Wildman–Crippen LogP) is 3.90. The first-order valence-corrected chi connectivity index (χ1v) is 7.26. The lowest BCUT2D eigenvalue weighted by atomic mass is 10.2. The van der Waals surface area contributed by atoms with Crippen LogP contribution in [0.4, 0.5) is 0 Å². The van der Waals surface area contributed by atoms with Crippen LogP contribution in [0.1, 0.15) is 0 Å². The van der Waals surface area contributed by atoms with Gasteiger partial charge in [0.05, 0.1) is 6.33 Å². The van der Waals surface area contributed by atoms with Gasteiger partial charge in [-0.05, 0) is 0 Å².